The lowest BCUT2D eigenvalue weighted by Gasteiger charge is -2.07. The highest BCUT2D eigenvalue weighted by atomic mass is 19.1. The van der Waals surface area contributed by atoms with E-state index in [1.165, 1.54) is 13.0 Å². The van der Waals surface area contributed by atoms with Gasteiger partial charge in [0.25, 0.3) is 0 Å². The van der Waals surface area contributed by atoms with Crippen LogP contribution in [0.2, 0.25) is 0 Å². The van der Waals surface area contributed by atoms with Crippen molar-refractivity contribution < 1.29 is 19.7 Å². The van der Waals surface area contributed by atoms with Gasteiger partial charge in [-0.1, -0.05) is 0 Å². The van der Waals surface area contributed by atoms with Crippen LogP contribution < -0.4 is 0 Å². The number of hydrogen-bond donors (Lipinski definition) is 3. The number of hydrogen-bond acceptors (Lipinski definition) is 3. The largest absolute Gasteiger partial charge is 0.504 e. The topological polar surface area (TPSA) is 60.7 Å². The van der Waals surface area contributed by atoms with Gasteiger partial charge in [0.1, 0.15) is 0 Å². The number of halogens is 1. The Bertz CT molecular complexity index is 297. The van der Waals surface area contributed by atoms with Crippen molar-refractivity contribution in [2.24, 2.45) is 0 Å². The second-order valence-electron chi connectivity index (χ2n) is 2.51. The monoisotopic (exact) mass is 172 g/mol. The molecule has 0 saturated heterocycles. The second kappa shape index (κ2) is 2.98. The lowest BCUT2D eigenvalue weighted by Crippen LogP contribution is -1.95. The van der Waals surface area contributed by atoms with E-state index in [1.807, 2.05) is 0 Å². The lowest BCUT2D eigenvalue weighted by molar-refractivity contribution is 0.192. The summed E-state index contributed by atoms with van der Waals surface area (Å²) in [6.07, 6.45) is -1.00. The van der Waals surface area contributed by atoms with E-state index >= 15 is 0 Å². The summed E-state index contributed by atoms with van der Waals surface area (Å²) in [5, 5.41) is 26.7. The average Bonchev–Trinajstić information content (AvgIpc) is 2.00. The zero-order valence-electron chi connectivity index (χ0n) is 6.45. The summed E-state index contributed by atoms with van der Waals surface area (Å²) in [5.41, 5.74) is -0.0368. The lowest BCUT2D eigenvalue weighted by atomic mass is 10.1. The Labute approximate surface area is 68.7 Å². The fourth-order valence-corrected chi connectivity index (χ4v) is 0.893. The first kappa shape index (κ1) is 8.80. The maximum atomic E-state index is 12.9. The van der Waals surface area contributed by atoms with Crippen LogP contribution in [-0.4, -0.2) is 15.3 Å². The minimum Gasteiger partial charge on any atom is -0.504 e. The molecule has 0 aliphatic carbocycles. The van der Waals surface area contributed by atoms with Gasteiger partial charge in [0.05, 0.1) is 6.10 Å². The summed E-state index contributed by atoms with van der Waals surface area (Å²) in [7, 11) is 0. The second-order valence-corrected chi connectivity index (χ2v) is 2.51. The Balaban J connectivity index is 3.27. The Morgan fingerprint density at radius 1 is 1.33 bits per heavy atom. The number of phenolic OH excluding ortho intramolecular Hbond substituents is 2. The fourth-order valence-electron chi connectivity index (χ4n) is 0.893. The zero-order valence-corrected chi connectivity index (χ0v) is 6.45. The normalized spacial score (nSPS) is 12.9. The van der Waals surface area contributed by atoms with Crippen molar-refractivity contribution in [3.05, 3.63) is 23.5 Å². The van der Waals surface area contributed by atoms with Crippen LogP contribution in [0.4, 0.5) is 4.39 Å². The fraction of sp³-hybridized carbons (Fsp3) is 0.250. The molecule has 1 aromatic rings. The first-order valence-corrected chi connectivity index (χ1v) is 3.42. The smallest absolute Gasteiger partial charge is 0.194 e. The first-order valence-electron chi connectivity index (χ1n) is 3.42. The molecule has 1 rings (SSSR count). The van der Waals surface area contributed by atoms with Crippen molar-refractivity contribution in [1.29, 1.82) is 0 Å². The van der Waals surface area contributed by atoms with Crippen LogP contribution in [0.1, 0.15) is 18.6 Å². The van der Waals surface area contributed by atoms with Crippen LogP contribution >= 0.6 is 0 Å². The number of aliphatic hydroxyl groups is 1. The highest BCUT2D eigenvalue weighted by Gasteiger charge is 2.14. The van der Waals surface area contributed by atoms with Crippen LogP contribution in [0.15, 0.2) is 12.1 Å². The molecule has 4 heteroatoms. The van der Waals surface area contributed by atoms with E-state index in [0.29, 0.717) is 0 Å². The highest BCUT2D eigenvalue weighted by Crippen LogP contribution is 2.32. The Hall–Kier alpha value is -1.29. The molecule has 0 aromatic heterocycles. The van der Waals surface area contributed by atoms with Crippen LogP contribution in [-0.2, 0) is 0 Å². The Kier molecular flexibility index (Phi) is 2.19. The van der Waals surface area contributed by atoms with E-state index in [1.54, 1.807) is 0 Å². The minimum absolute atomic E-state index is 0.0368. The third-order valence-corrected chi connectivity index (χ3v) is 1.57. The van der Waals surface area contributed by atoms with Gasteiger partial charge in [-0.05, 0) is 19.1 Å². The highest BCUT2D eigenvalue weighted by molar-refractivity contribution is 5.42. The molecular formula is C8H9FO3. The Morgan fingerprint density at radius 2 is 1.92 bits per heavy atom. The van der Waals surface area contributed by atoms with Crippen LogP contribution in [0, 0.1) is 5.82 Å². The molecule has 66 valence electrons. The minimum atomic E-state index is -1.00. The third-order valence-electron chi connectivity index (χ3n) is 1.57. The molecule has 3 nitrogen and oxygen atoms in total. The van der Waals surface area contributed by atoms with Crippen molar-refractivity contribution in [2.45, 2.75) is 13.0 Å². The molecule has 0 amide bonds. The van der Waals surface area contributed by atoms with Gasteiger partial charge in [0.15, 0.2) is 17.3 Å². The third kappa shape index (κ3) is 1.33. The van der Waals surface area contributed by atoms with Crippen molar-refractivity contribution in [2.75, 3.05) is 0 Å². The van der Waals surface area contributed by atoms with E-state index in [-0.39, 0.29) is 5.56 Å². The van der Waals surface area contributed by atoms with Gasteiger partial charge in [0, 0.05) is 5.56 Å². The molecule has 0 fully saturated rings. The van der Waals surface area contributed by atoms with Gasteiger partial charge in [-0.15, -0.1) is 0 Å². The van der Waals surface area contributed by atoms with E-state index in [9.17, 15) is 4.39 Å². The van der Waals surface area contributed by atoms with E-state index in [2.05, 4.69) is 0 Å². The first-order chi connectivity index (χ1) is 5.54. The maximum absolute atomic E-state index is 12.9. The van der Waals surface area contributed by atoms with Gasteiger partial charge in [-0.2, -0.15) is 0 Å². The van der Waals surface area contributed by atoms with E-state index in [0.717, 1.165) is 6.07 Å². The molecule has 3 N–H and O–H groups in total. The zero-order chi connectivity index (χ0) is 9.30. The van der Waals surface area contributed by atoms with Crippen molar-refractivity contribution in [1.82, 2.24) is 0 Å². The molecule has 0 aliphatic rings. The number of phenols is 2. The van der Waals surface area contributed by atoms with Gasteiger partial charge < -0.3 is 15.3 Å². The van der Waals surface area contributed by atoms with Crippen molar-refractivity contribution in [3.63, 3.8) is 0 Å². The Morgan fingerprint density at radius 3 is 2.42 bits per heavy atom. The summed E-state index contributed by atoms with van der Waals surface area (Å²) in [6.45, 7) is 1.37. The number of rotatable bonds is 1. The predicted octanol–water partition coefficient (Wildman–Crippen LogP) is 1.29. The molecule has 1 atom stereocenters. The van der Waals surface area contributed by atoms with Crippen LogP contribution in [0.25, 0.3) is 0 Å². The summed E-state index contributed by atoms with van der Waals surface area (Å²) < 4.78 is 12.9. The van der Waals surface area contributed by atoms with E-state index in [4.69, 9.17) is 15.3 Å². The predicted molar refractivity (Wildman–Crippen MR) is 40.4 cm³/mol. The maximum Gasteiger partial charge on any atom is 0.194 e. The molecule has 0 spiro atoms. The molecule has 1 unspecified atom stereocenters. The molecule has 0 heterocycles. The molecule has 0 bridgehead atoms. The molecule has 0 saturated carbocycles. The van der Waals surface area contributed by atoms with Crippen LogP contribution in [0.5, 0.6) is 11.5 Å². The van der Waals surface area contributed by atoms with Crippen LogP contribution in [0.3, 0.4) is 0 Å². The molecule has 0 radical (unpaired) electrons. The number of benzene rings is 1. The SMILES string of the molecule is CC(O)c1ccc(O)c(O)c1F. The van der Waals surface area contributed by atoms with Gasteiger partial charge >= 0.3 is 0 Å². The van der Waals surface area contributed by atoms with Gasteiger partial charge in [-0.25, -0.2) is 4.39 Å². The van der Waals surface area contributed by atoms with Gasteiger partial charge in [0.2, 0.25) is 0 Å². The number of aliphatic hydroxyl groups excluding tert-OH is 1. The van der Waals surface area contributed by atoms with E-state index < -0.39 is 23.4 Å². The van der Waals surface area contributed by atoms with Crippen molar-refractivity contribution >= 4 is 0 Å². The quantitative estimate of drug-likeness (QED) is 0.559. The van der Waals surface area contributed by atoms with Gasteiger partial charge in [-0.3, -0.25) is 0 Å². The average molecular weight is 172 g/mol. The van der Waals surface area contributed by atoms with Crippen molar-refractivity contribution in [3.8, 4) is 11.5 Å². The summed E-state index contributed by atoms with van der Waals surface area (Å²) in [6, 6.07) is 2.34. The standard InChI is InChI=1S/C8H9FO3/c1-4(10)5-2-3-6(11)8(12)7(5)9/h2-4,10-12H,1H3. The molecule has 0 aliphatic heterocycles. The summed E-state index contributed by atoms with van der Waals surface area (Å²) in [5.74, 6) is -2.34. The summed E-state index contributed by atoms with van der Waals surface area (Å²) in [4.78, 5) is 0. The molecule has 12 heavy (non-hydrogen) atoms. The number of aromatic hydroxyl groups is 2. The molecule has 1 aromatic carbocycles. The summed E-state index contributed by atoms with van der Waals surface area (Å²) >= 11 is 0. The molecular weight excluding hydrogens is 163 g/mol.